The molecular weight excluding hydrogens is 356 g/mol. The monoisotopic (exact) mass is 374 g/mol. The minimum absolute atomic E-state index is 0.251. The van der Waals surface area contributed by atoms with Crippen LogP contribution in [-0.4, -0.2) is 40.7 Å². The van der Waals surface area contributed by atoms with Gasteiger partial charge in [-0.2, -0.15) is 10.2 Å². The molecule has 140 valence electrons. The van der Waals surface area contributed by atoms with Gasteiger partial charge in [0.05, 0.1) is 24.1 Å². The third kappa shape index (κ3) is 3.27. The lowest BCUT2D eigenvalue weighted by Gasteiger charge is -2.14. The van der Waals surface area contributed by atoms with Gasteiger partial charge in [-0.05, 0) is 36.8 Å². The molecule has 0 N–H and O–H groups in total. The van der Waals surface area contributed by atoms with Crippen LogP contribution in [0.2, 0.25) is 0 Å². The van der Waals surface area contributed by atoms with Crippen LogP contribution >= 0.6 is 0 Å². The quantitative estimate of drug-likeness (QED) is 0.382. The highest BCUT2D eigenvalue weighted by atomic mass is 16.1. The van der Waals surface area contributed by atoms with Gasteiger partial charge in [-0.25, -0.2) is 14.3 Å². The van der Waals surface area contributed by atoms with E-state index in [1.807, 2.05) is 25.3 Å². The Morgan fingerprint density at radius 3 is 2.32 bits per heavy atom. The molecule has 8 nitrogen and oxygen atoms in total. The molecule has 1 aromatic carbocycles. The molecule has 0 unspecified atom stereocenters. The summed E-state index contributed by atoms with van der Waals surface area (Å²) in [5, 5.41) is 8.52. The first-order valence-corrected chi connectivity index (χ1v) is 8.72. The average molecular weight is 374 g/mol. The highest BCUT2D eigenvalue weighted by Crippen LogP contribution is 2.24. The van der Waals surface area contributed by atoms with Gasteiger partial charge in [0.1, 0.15) is 5.69 Å². The zero-order valence-electron chi connectivity index (χ0n) is 15.5. The molecule has 0 fully saturated rings. The lowest BCUT2D eigenvalue weighted by Crippen LogP contribution is -2.13. The molecule has 0 aliphatic rings. The van der Waals surface area contributed by atoms with E-state index in [0.717, 1.165) is 16.9 Å². The number of nitrogens with zero attached hydrogens (tertiary/aromatic N) is 6. The molecule has 0 aliphatic carbocycles. The summed E-state index contributed by atoms with van der Waals surface area (Å²) in [4.78, 5) is 29.5. The molecule has 0 spiro atoms. The summed E-state index contributed by atoms with van der Waals surface area (Å²) < 4.78 is 5.04. The molecular formula is C20H18N6O2. The number of benzene rings is 1. The van der Waals surface area contributed by atoms with Crippen molar-refractivity contribution < 1.29 is 9.59 Å². The smallest absolute Gasteiger partial charge is 0.190 e. The molecule has 3 aromatic heterocycles. The predicted molar refractivity (Wildman–Crippen MR) is 102 cm³/mol. The lowest BCUT2D eigenvalue weighted by molar-refractivity contribution is 0.0891. The molecule has 4 aromatic rings. The van der Waals surface area contributed by atoms with Gasteiger partial charge in [-0.1, -0.05) is 0 Å². The van der Waals surface area contributed by atoms with Crippen molar-refractivity contribution in [3.63, 3.8) is 0 Å². The highest BCUT2D eigenvalue weighted by molar-refractivity contribution is 6.13. The first-order chi connectivity index (χ1) is 13.5. The number of hydrogen-bond donors (Lipinski definition) is 0. The Labute approximate surface area is 161 Å². The number of aryl methyl sites for hydroxylation is 1. The first-order valence-electron chi connectivity index (χ1n) is 8.72. The maximum Gasteiger partial charge on any atom is 0.190 e. The van der Waals surface area contributed by atoms with Crippen molar-refractivity contribution in [1.29, 1.82) is 0 Å². The summed E-state index contributed by atoms with van der Waals surface area (Å²) in [5.74, 6) is -0.578. The van der Waals surface area contributed by atoms with Crippen molar-refractivity contribution in [1.82, 2.24) is 29.1 Å². The van der Waals surface area contributed by atoms with Crippen LogP contribution in [0.15, 0.2) is 61.6 Å². The van der Waals surface area contributed by atoms with Crippen LogP contribution in [0.3, 0.4) is 0 Å². The van der Waals surface area contributed by atoms with E-state index in [4.69, 9.17) is 0 Å². The molecule has 0 saturated carbocycles. The Bertz CT molecular complexity index is 1140. The maximum absolute atomic E-state index is 13.0. The minimum atomic E-state index is -0.310. The van der Waals surface area contributed by atoms with Gasteiger partial charge in [-0.3, -0.25) is 9.59 Å². The third-order valence-electron chi connectivity index (χ3n) is 4.50. The molecule has 8 heteroatoms. The van der Waals surface area contributed by atoms with E-state index in [2.05, 4.69) is 15.2 Å². The van der Waals surface area contributed by atoms with Crippen molar-refractivity contribution in [3.05, 3.63) is 78.4 Å². The molecule has 3 heterocycles. The minimum Gasteiger partial charge on any atom is -0.340 e. The van der Waals surface area contributed by atoms with Gasteiger partial charge in [0, 0.05) is 43.6 Å². The second-order valence-electron chi connectivity index (χ2n) is 6.49. The molecule has 0 aliphatic heterocycles. The van der Waals surface area contributed by atoms with Crippen LogP contribution in [-0.2, 0) is 7.05 Å². The van der Waals surface area contributed by atoms with Gasteiger partial charge in [-0.15, -0.1) is 0 Å². The van der Waals surface area contributed by atoms with Gasteiger partial charge in [0.25, 0.3) is 0 Å². The Hall–Kier alpha value is -3.81. The van der Waals surface area contributed by atoms with E-state index >= 15 is 0 Å². The Kier molecular flexibility index (Phi) is 4.44. The summed E-state index contributed by atoms with van der Waals surface area (Å²) >= 11 is 0. The summed E-state index contributed by atoms with van der Waals surface area (Å²) in [6, 6.07) is 7.28. The van der Waals surface area contributed by atoms with Crippen LogP contribution < -0.4 is 0 Å². The van der Waals surface area contributed by atoms with Crippen molar-refractivity contribution in [2.45, 2.75) is 13.3 Å². The van der Waals surface area contributed by atoms with Crippen LogP contribution in [0.5, 0.6) is 0 Å². The Morgan fingerprint density at radius 1 is 1.00 bits per heavy atom. The largest absolute Gasteiger partial charge is 0.340 e. The number of carbonyl (C=O) groups excluding carboxylic acids is 2. The van der Waals surface area contributed by atoms with E-state index in [9.17, 15) is 9.59 Å². The number of aromatic nitrogens is 6. The molecule has 0 saturated heterocycles. The van der Waals surface area contributed by atoms with Crippen molar-refractivity contribution in [3.8, 4) is 11.4 Å². The SMILES string of the molecule is Cc1c(C(=O)CC(=O)c2cn(C)cn2)cc(-n2cccn2)cc1-n1cccn1. The average Bonchev–Trinajstić information content (AvgIpc) is 3.44. The van der Waals surface area contributed by atoms with Crippen LogP contribution in [0, 0.1) is 6.92 Å². The fraction of sp³-hybridized carbons (Fsp3) is 0.150. The summed E-state index contributed by atoms with van der Waals surface area (Å²) in [5.41, 5.74) is 2.96. The lowest BCUT2D eigenvalue weighted by atomic mass is 9.98. The van der Waals surface area contributed by atoms with Gasteiger partial charge in [0.2, 0.25) is 0 Å². The van der Waals surface area contributed by atoms with Crippen molar-refractivity contribution >= 4 is 11.6 Å². The zero-order valence-corrected chi connectivity index (χ0v) is 15.5. The van der Waals surface area contributed by atoms with E-state index in [0.29, 0.717) is 5.56 Å². The summed E-state index contributed by atoms with van der Waals surface area (Å²) in [6.07, 6.45) is 9.84. The van der Waals surface area contributed by atoms with Gasteiger partial charge in [0.15, 0.2) is 11.6 Å². The van der Waals surface area contributed by atoms with Gasteiger partial charge >= 0.3 is 0 Å². The van der Waals surface area contributed by atoms with E-state index in [1.165, 1.54) is 6.33 Å². The molecule has 28 heavy (non-hydrogen) atoms. The Balaban J connectivity index is 1.75. The van der Waals surface area contributed by atoms with Crippen LogP contribution in [0.1, 0.15) is 32.8 Å². The van der Waals surface area contributed by atoms with Gasteiger partial charge < -0.3 is 4.57 Å². The number of Topliss-reactive ketones (excluding diaryl/α,β-unsaturated/α-hetero) is 2. The van der Waals surface area contributed by atoms with E-state index in [-0.39, 0.29) is 23.7 Å². The third-order valence-corrected chi connectivity index (χ3v) is 4.50. The molecule has 0 radical (unpaired) electrons. The van der Waals surface area contributed by atoms with Crippen LogP contribution in [0.25, 0.3) is 11.4 Å². The number of ketones is 2. The standard InChI is InChI=1S/C20H18N6O2/c1-14-16(19(27)11-20(28)17-12-24(2)13-21-17)9-15(25-7-3-5-22-25)10-18(14)26-8-4-6-23-26/h3-10,12-13H,11H2,1-2H3. The topological polar surface area (TPSA) is 87.6 Å². The zero-order chi connectivity index (χ0) is 19.7. The number of hydrogen-bond acceptors (Lipinski definition) is 5. The fourth-order valence-corrected chi connectivity index (χ4v) is 3.07. The summed E-state index contributed by atoms with van der Waals surface area (Å²) in [7, 11) is 1.78. The number of carbonyl (C=O) groups is 2. The van der Waals surface area contributed by atoms with E-state index in [1.54, 1.807) is 57.9 Å². The molecule has 4 rings (SSSR count). The Morgan fingerprint density at radius 2 is 1.71 bits per heavy atom. The predicted octanol–water partition coefficient (Wildman–Crippen LogP) is 2.56. The number of rotatable bonds is 6. The number of imidazole rings is 1. The first kappa shape index (κ1) is 17.6. The van der Waals surface area contributed by atoms with Crippen molar-refractivity contribution in [2.75, 3.05) is 0 Å². The van der Waals surface area contributed by atoms with Crippen molar-refractivity contribution in [2.24, 2.45) is 7.05 Å². The molecule has 0 amide bonds. The summed E-state index contributed by atoms with van der Waals surface area (Å²) in [6.45, 7) is 1.85. The van der Waals surface area contributed by atoms with Crippen LogP contribution in [0.4, 0.5) is 0 Å². The normalized spacial score (nSPS) is 10.9. The molecule has 0 bridgehead atoms. The second kappa shape index (κ2) is 7.07. The highest BCUT2D eigenvalue weighted by Gasteiger charge is 2.20. The fourth-order valence-electron chi connectivity index (χ4n) is 3.07. The second-order valence-corrected chi connectivity index (χ2v) is 6.49. The maximum atomic E-state index is 13.0. The van der Waals surface area contributed by atoms with E-state index < -0.39 is 0 Å². The molecule has 0 atom stereocenters.